The summed E-state index contributed by atoms with van der Waals surface area (Å²) in [4.78, 5) is 0. The summed E-state index contributed by atoms with van der Waals surface area (Å²) in [6, 6.07) is 30.3. The van der Waals surface area contributed by atoms with Crippen LogP contribution >= 0.6 is 0 Å². The number of benzene rings is 4. The van der Waals surface area contributed by atoms with Gasteiger partial charge in [0.05, 0.1) is 25.2 Å². The molecule has 0 aliphatic rings. The summed E-state index contributed by atoms with van der Waals surface area (Å²) in [5, 5.41) is 24.4. The van der Waals surface area contributed by atoms with Crippen molar-refractivity contribution in [3.63, 3.8) is 0 Å². The molecule has 0 radical (unpaired) electrons. The molecule has 8 nitrogen and oxygen atoms in total. The van der Waals surface area contributed by atoms with Crippen molar-refractivity contribution in [3.05, 3.63) is 119 Å². The van der Waals surface area contributed by atoms with E-state index in [1.54, 1.807) is 13.2 Å². The first-order chi connectivity index (χ1) is 19.7. The highest BCUT2D eigenvalue weighted by Crippen LogP contribution is 2.32. The molecule has 0 aliphatic heterocycles. The highest BCUT2D eigenvalue weighted by molar-refractivity contribution is 7.92. The number of anilines is 1. The van der Waals surface area contributed by atoms with Gasteiger partial charge in [-0.15, -0.1) is 0 Å². The maximum absolute atomic E-state index is 11.6. The van der Waals surface area contributed by atoms with Crippen LogP contribution in [0.25, 0.3) is 0 Å². The van der Waals surface area contributed by atoms with Gasteiger partial charge in [0.2, 0.25) is 10.0 Å². The number of aliphatic hydroxyl groups excluding tert-OH is 1. The van der Waals surface area contributed by atoms with Gasteiger partial charge in [-0.3, -0.25) is 4.72 Å². The van der Waals surface area contributed by atoms with Crippen molar-refractivity contribution in [2.24, 2.45) is 0 Å². The molecule has 9 heteroatoms. The second-order valence-corrected chi connectivity index (χ2v) is 11.7. The zero-order chi connectivity index (χ0) is 29.2. The van der Waals surface area contributed by atoms with Crippen LogP contribution in [-0.4, -0.2) is 44.6 Å². The molecule has 0 spiro atoms. The summed E-state index contributed by atoms with van der Waals surface area (Å²) in [7, 11) is -1.95. The van der Waals surface area contributed by atoms with Gasteiger partial charge in [0, 0.05) is 12.6 Å². The summed E-state index contributed by atoms with van der Waals surface area (Å²) in [6.07, 6.45) is 1.19. The Kier molecular flexibility index (Phi) is 10.2. The van der Waals surface area contributed by atoms with Gasteiger partial charge in [0.1, 0.15) is 12.4 Å². The van der Waals surface area contributed by atoms with Crippen molar-refractivity contribution >= 4 is 15.7 Å². The monoisotopic (exact) mass is 576 g/mol. The molecule has 0 aromatic heterocycles. The molecule has 4 aromatic carbocycles. The van der Waals surface area contributed by atoms with Crippen molar-refractivity contribution in [1.82, 2.24) is 5.32 Å². The summed E-state index contributed by atoms with van der Waals surface area (Å²) in [5.41, 5.74) is 3.93. The number of ether oxygens (including phenoxy) is 2. The van der Waals surface area contributed by atoms with Gasteiger partial charge in [0.25, 0.3) is 0 Å². The highest BCUT2D eigenvalue weighted by Gasteiger charge is 2.18. The molecule has 0 amide bonds. The van der Waals surface area contributed by atoms with Gasteiger partial charge < -0.3 is 25.0 Å². The molecule has 4 rings (SSSR count). The third-order valence-corrected chi connectivity index (χ3v) is 7.13. The molecule has 0 saturated carbocycles. The first kappa shape index (κ1) is 29.9. The average molecular weight is 577 g/mol. The summed E-state index contributed by atoms with van der Waals surface area (Å²) in [5.74, 6) is 1.08. The normalized spacial score (nSPS) is 12.9. The van der Waals surface area contributed by atoms with E-state index in [-0.39, 0.29) is 30.4 Å². The van der Waals surface area contributed by atoms with E-state index in [1.807, 2.05) is 66.7 Å². The Morgan fingerprint density at radius 1 is 0.805 bits per heavy atom. The highest BCUT2D eigenvalue weighted by atomic mass is 32.2. The van der Waals surface area contributed by atoms with Crippen LogP contribution in [0.3, 0.4) is 0 Å². The van der Waals surface area contributed by atoms with Crippen LogP contribution in [0.2, 0.25) is 0 Å². The van der Waals surface area contributed by atoms with Crippen molar-refractivity contribution in [2.45, 2.75) is 31.6 Å². The predicted octanol–water partition coefficient (Wildman–Crippen LogP) is 4.83. The second-order valence-electron chi connectivity index (χ2n) is 9.92. The molecule has 41 heavy (non-hydrogen) atoms. The fourth-order valence-corrected chi connectivity index (χ4v) is 5.09. The van der Waals surface area contributed by atoms with Crippen molar-refractivity contribution < 1.29 is 28.1 Å². The molecule has 2 atom stereocenters. The van der Waals surface area contributed by atoms with Crippen LogP contribution in [0.15, 0.2) is 97.1 Å². The Morgan fingerprint density at radius 3 is 2.15 bits per heavy atom. The molecule has 0 heterocycles. The third-order valence-electron chi connectivity index (χ3n) is 6.54. The number of phenols is 1. The van der Waals surface area contributed by atoms with E-state index < -0.39 is 16.1 Å². The Balaban J connectivity index is 1.50. The van der Waals surface area contributed by atoms with Gasteiger partial charge >= 0.3 is 0 Å². The quantitative estimate of drug-likeness (QED) is 0.159. The first-order valence-electron chi connectivity index (χ1n) is 13.3. The fraction of sp³-hybridized carbons (Fsp3) is 0.250. The van der Waals surface area contributed by atoms with Crippen LogP contribution in [0.1, 0.15) is 28.3 Å². The van der Waals surface area contributed by atoms with Crippen LogP contribution in [-0.2, 0) is 29.5 Å². The van der Waals surface area contributed by atoms with E-state index in [0.717, 1.165) is 22.9 Å². The Hall–Kier alpha value is -4.05. The van der Waals surface area contributed by atoms with Gasteiger partial charge in [-0.1, -0.05) is 72.8 Å². The Bertz CT molecular complexity index is 1510. The van der Waals surface area contributed by atoms with Crippen LogP contribution in [0.4, 0.5) is 5.69 Å². The molecule has 0 aliphatic carbocycles. The molecule has 4 N–H and O–H groups in total. The number of phenolic OH excluding ortho intramolecular Hbond substituents is 1. The number of aliphatic hydroxyl groups is 1. The van der Waals surface area contributed by atoms with Gasteiger partial charge in [-0.05, 0) is 59.4 Å². The van der Waals surface area contributed by atoms with Crippen molar-refractivity contribution in [3.8, 4) is 17.2 Å². The van der Waals surface area contributed by atoms with Crippen LogP contribution < -0.4 is 19.5 Å². The van der Waals surface area contributed by atoms with Crippen LogP contribution in [0.5, 0.6) is 17.2 Å². The lowest BCUT2D eigenvalue weighted by atomic mass is 9.97. The molecule has 0 saturated heterocycles. The number of nitrogens with one attached hydrogen (secondary N) is 2. The summed E-state index contributed by atoms with van der Waals surface area (Å²) >= 11 is 0. The van der Waals surface area contributed by atoms with Gasteiger partial charge in [0.15, 0.2) is 11.5 Å². The summed E-state index contributed by atoms with van der Waals surface area (Å²) < 4.78 is 37.3. The van der Waals surface area contributed by atoms with E-state index in [0.29, 0.717) is 30.1 Å². The molecule has 0 unspecified atom stereocenters. The number of aromatic hydroxyl groups is 1. The number of hydrogen-bond donors (Lipinski definition) is 4. The van der Waals surface area contributed by atoms with Gasteiger partial charge in [-0.2, -0.15) is 0 Å². The standard InChI is InChI=1S/C32H36N2O6S/c1-39-31-16-14-26(20-32(31)40-22-24-11-7-4-8-12-24)28(18-23-9-5-3-6-10-23)33-21-27(35)17-25-13-15-30(36)29(19-25)34-41(2,37)38/h3-16,19-20,27-28,33-36H,17-18,21-22H2,1-2H3/t27-,28+/m0/s1. The summed E-state index contributed by atoms with van der Waals surface area (Å²) in [6.45, 7) is 0.679. The van der Waals surface area contributed by atoms with Crippen molar-refractivity contribution in [2.75, 3.05) is 24.6 Å². The lowest BCUT2D eigenvalue weighted by Gasteiger charge is -2.23. The van der Waals surface area contributed by atoms with E-state index in [4.69, 9.17) is 9.47 Å². The Morgan fingerprint density at radius 2 is 1.49 bits per heavy atom. The molecule has 216 valence electrons. The van der Waals surface area contributed by atoms with Crippen molar-refractivity contribution in [1.29, 1.82) is 0 Å². The second kappa shape index (κ2) is 14.0. The lowest BCUT2D eigenvalue weighted by molar-refractivity contribution is 0.167. The Labute approximate surface area is 241 Å². The SMILES string of the molecule is COc1ccc([C@@H](Cc2ccccc2)NC[C@@H](O)Cc2ccc(O)c(NS(C)(=O)=O)c2)cc1OCc1ccccc1. The molecule has 4 aromatic rings. The van der Waals surface area contributed by atoms with E-state index in [2.05, 4.69) is 22.2 Å². The van der Waals surface area contributed by atoms with E-state index >= 15 is 0 Å². The molecular formula is C32H36N2O6S. The zero-order valence-corrected chi connectivity index (χ0v) is 24.0. The molecule has 0 fully saturated rings. The minimum absolute atomic E-state index is 0.0772. The predicted molar refractivity (Wildman–Crippen MR) is 161 cm³/mol. The minimum Gasteiger partial charge on any atom is -0.506 e. The number of hydrogen-bond acceptors (Lipinski definition) is 7. The lowest BCUT2D eigenvalue weighted by Crippen LogP contribution is -2.32. The molecular weight excluding hydrogens is 540 g/mol. The van der Waals surface area contributed by atoms with E-state index in [9.17, 15) is 18.6 Å². The third kappa shape index (κ3) is 9.24. The molecule has 0 bridgehead atoms. The topological polar surface area (TPSA) is 117 Å². The first-order valence-corrected chi connectivity index (χ1v) is 15.2. The zero-order valence-electron chi connectivity index (χ0n) is 23.2. The number of methoxy groups -OCH3 is 1. The van der Waals surface area contributed by atoms with Gasteiger partial charge in [-0.25, -0.2) is 8.42 Å². The average Bonchev–Trinajstić information content (AvgIpc) is 2.96. The maximum atomic E-state index is 11.6. The minimum atomic E-state index is -3.56. The smallest absolute Gasteiger partial charge is 0.229 e. The largest absolute Gasteiger partial charge is 0.506 e. The number of sulfonamides is 1. The maximum Gasteiger partial charge on any atom is 0.229 e. The van der Waals surface area contributed by atoms with Crippen LogP contribution in [0, 0.1) is 0 Å². The fourth-order valence-electron chi connectivity index (χ4n) is 4.53. The number of rotatable bonds is 14. The van der Waals surface area contributed by atoms with E-state index in [1.165, 1.54) is 12.1 Å².